The van der Waals surface area contributed by atoms with Crippen LogP contribution in [0.4, 0.5) is 15.8 Å². The van der Waals surface area contributed by atoms with Crippen LogP contribution in [-0.4, -0.2) is 30.7 Å². The molecule has 108 valence electrons. The number of carboxylic acids is 1. The van der Waals surface area contributed by atoms with Crippen LogP contribution in [0.2, 0.25) is 0 Å². The van der Waals surface area contributed by atoms with Gasteiger partial charge < -0.3 is 15.3 Å². The molecule has 1 heterocycles. The summed E-state index contributed by atoms with van der Waals surface area (Å²) < 4.78 is 14.1. The third-order valence-electron chi connectivity index (χ3n) is 3.33. The van der Waals surface area contributed by atoms with Crippen LogP contribution >= 0.6 is 0 Å². The molecule has 0 spiro atoms. The molecular weight excluding hydrogens is 259 g/mol. The maximum Gasteiger partial charge on any atom is 0.328 e. The van der Waals surface area contributed by atoms with Crippen molar-refractivity contribution < 1.29 is 14.3 Å². The molecule has 0 amide bonds. The van der Waals surface area contributed by atoms with E-state index < -0.39 is 5.97 Å². The van der Waals surface area contributed by atoms with Crippen LogP contribution in [0.25, 0.3) is 0 Å². The van der Waals surface area contributed by atoms with Crippen molar-refractivity contribution in [1.29, 1.82) is 0 Å². The Hall–Kier alpha value is -2.04. The van der Waals surface area contributed by atoms with Gasteiger partial charge in [-0.2, -0.15) is 0 Å². The van der Waals surface area contributed by atoms with Crippen molar-refractivity contribution in [2.45, 2.75) is 19.3 Å². The third kappa shape index (κ3) is 3.98. The largest absolute Gasteiger partial charge is 0.478 e. The highest BCUT2D eigenvalue weighted by Crippen LogP contribution is 2.25. The van der Waals surface area contributed by atoms with E-state index in [0.717, 1.165) is 32.0 Å². The maximum atomic E-state index is 14.1. The molecule has 0 aromatic heterocycles. The van der Waals surface area contributed by atoms with Crippen molar-refractivity contribution in [1.82, 2.24) is 0 Å². The second kappa shape index (κ2) is 6.93. The number of carboxylic acid groups (broad SMARTS) is 1. The van der Waals surface area contributed by atoms with Gasteiger partial charge in [0.15, 0.2) is 0 Å². The van der Waals surface area contributed by atoms with Crippen molar-refractivity contribution in [3.63, 3.8) is 0 Å². The topological polar surface area (TPSA) is 52.6 Å². The molecule has 0 atom stereocenters. The minimum absolute atomic E-state index is 0.237. The number of anilines is 2. The molecule has 1 aromatic rings. The normalized spacial score (nSPS) is 15.6. The number of rotatable bonds is 5. The first-order valence-electron chi connectivity index (χ1n) is 6.84. The molecule has 0 aliphatic carbocycles. The Morgan fingerprint density at radius 2 is 2.10 bits per heavy atom. The average molecular weight is 278 g/mol. The molecule has 1 saturated heterocycles. The van der Waals surface area contributed by atoms with E-state index in [4.69, 9.17) is 5.11 Å². The lowest BCUT2D eigenvalue weighted by Crippen LogP contribution is -2.30. The SMILES string of the molecule is O=C(O)C=CCNc1ccc(N2CCCCC2)c(F)c1. The minimum Gasteiger partial charge on any atom is -0.478 e. The summed E-state index contributed by atoms with van der Waals surface area (Å²) in [6.45, 7) is 2.17. The monoisotopic (exact) mass is 278 g/mol. The van der Waals surface area contributed by atoms with E-state index in [1.807, 2.05) is 6.07 Å². The van der Waals surface area contributed by atoms with Gasteiger partial charge in [-0.05, 0) is 37.5 Å². The highest BCUT2D eigenvalue weighted by atomic mass is 19.1. The van der Waals surface area contributed by atoms with E-state index in [2.05, 4.69) is 10.2 Å². The van der Waals surface area contributed by atoms with Crippen LogP contribution in [0.15, 0.2) is 30.4 Å². The molecule has 1 fully saturated rings. The summed E-state index contributed by atoms with van der Waals surface area (Å²) in [4.78, 5) is 12.4. The van der Waals surface area contributed by atoms with Gasteiger partial charge in [0.05, 0.1) is 5.69 Å². The number of hydrogen-bond acceptors (Lipinski definition) is 3. The molecule has 0 unspecified atom stereocenters. The molecule has 4 nitrogen and oxygen atoms in total. The summed E-state index contributed by atoms with van der Waals surface area (Å²) in [5.74, 6) is -1.22. The lowest BCUT2D eigenvalue weighted by atomic mass is 10.1. The van der Waals surface area contributed by atoms with Gasteiger partial charge in [-0.25, -0.2) is 9.18 Å². The zero-order valence-electron chi connectivity index (χ0n) is 11.3. The van der Waals surface area contributed by atoms with Gasteiger partial charge in [0.2, 0.25) is 0 Å². The zero-order chi connectivity index (χ0) is 14.4. The summed E-state index contributed by atoms with van der Waals surface area (Å²) in [6, 6.07) is 5.06. The van der Waals surface area contributed by atoms with Crippen molar-refractivity contribution in [3.05, 3.63) is 36.2 Å². The van der Waals surface area contributed by atoms with Crippen molar-refractivity contribution in [2.24, 2.45) is 0 Å². The van der Waals surface area contributed by atoms with Crippen LogP contribution in [-0.2, 0) is 4.79 Å². The molecule has 0 radical (unpaired) electrons. The molecule has 1 aliphatic rings. The highest BCUT2D eigenvalue weighted by molar-refractivity contribution is 5.79. The number of hydrogen-bond donors (Lipinski definition) is 2. The first-order valence-corrected chi connectivity index (χ1v) is 6.84. The lowest BCUT2D eigenvalue weighted by molar-refractivity contribution is -0.131. The Morgan fingerprint density at radius 1 is 1.35 bits per heavy atom. The Balaban J connectivity index is 1.96. The number of benzene rings is 1. The molecule has 5 heteroatoms. The fourth-order valence-electron chi connectivity index (χ4n) is 2.34. The third-order valence-corrected chi connectivity index (χ3v) is 3.33. The highest BCUT2D eigenvalue weighted by Gasteiger charge is 2.14. The fraction of sp³-hybridized carbons (Fsp3) is 0.400. The van der Waals surface area contributed by atoms with Crippen LogP contribution < -0.4 is 10.2 Å². The van der Waals surface area contributed by atoms with Gasteiger partial charge in [-0.1, -0.05) is 6.08 Å². The number of aliphatic carboxylic acids is 1. The van der Waals surface area contributed by atoms with Gasteiger partial charge in [0.1, 0.15) is 5.82 Å². The fourth-order valence-corrected chi connectivity index (χ4v) is 2.34. The van der Waals surface area contributed by atoms with Crippen LogP contribution in [0.5, 0.6) is 0 Å². The molecule has 1 aromatic carbocycles. The summed E-state index contributed by atoms with van der Waals surface area (Å²) in [6.07, 6.45) is 5.98. The second-order valence-corrected chi connectivity index (χ2v) is 4.84. The lowest BCUT2D eigenvalue weighted by Gasteiger charge is -2.29. The molecule has 2 N–H and O–H groups in total. The Labute approximate surface area is 117 Å². The molecule has 0 saturated carbocycles. The smallest absolute Gasteiger partial charge is 0.328 e. The number of nitrogens with one attached hydrogen (secondary N) is 1. The van der Waals surface area contributed by atoms with Crippen molar-refractivity contribution in [3.8, 4) is 0 Å². The molecule has 1 aliphatic heterocycles. The van der Waals surface area contributed by atoms with Gasteiger partial charge >= 0.3 is 5.97 Å². The van der Waals surface area contributed by atoms with Crippen LogP contribution in [0, 0.1) is 5.82 Å². The summed E-state index contributed by atoms with van der Waals surface area (Å²) in [7, 11) is 0. The molecular formula is C15H19FN2O2. The summed E-state index contributed by atoms with van der Waals surface area (Å²) >= 11 is 0. The van der Waals surface area contributed by atoms with Gasteiger partial charge in [-0.3, -0.25) is 0 Å². The summed E-state index contributed by atoms with van der Waals surface area (Å²) in [5, 5.41) is 11.4. The predicted molar refractivity (Wildman–Crippen MR) is 77.7 cm³/mol. The van der Waals surface area contributed by atoms with E-state index in [0.29, 0.717) is 17.9 Å². The standard InChI is InChI=1S/C15H19FN2O2/c16-13-11-12(17-8-4-5-15(19)20)6-7-14(13)18-9-2-1-3-10-18/h4-7,11,17H,1-3,8-10H2,(H,19,20). The predicted octanol–water partition coefficient (Wildman–Crippen LogP) is 2.87. The van der Waals surface area contributed by atoms with E-state index in [-0.39, 0.29) is 5.82 Å². The second-order valence-electron chi connectivity index (χ2n) is 4.84. The molecule has 2 rings (SSSR count). The van der Waals surface area contributed by atoms with Crippen molar-refractivity contribution >= 4 is 17.3 Å². The number of carbonyl (C=O) groups is 1. The molecule has 20 heavy (non-hydrogen) atoms. The van der Waals surface area contributed by atoms with Crippen LogP contribution in [0.3, 0.4) is 0 Å². The van der Waals surface area contributed by atoms with Gasteiger partial charge in [0.25, 0.3) is 0 Å². The maximum absolute atomic E-state index is 14.1. The van der Waals surface area contributed by atoms with E-state index in [1.165, 1.54) is 18.6 Å². The number of piperidine rings is 1. The number of nitrogens with zero attached hydrogens (tertiary/aromatic N) is 1. The average Bonchev–Trinajstić information content (AvgIpc) is 2.44. The molecule has 0 bridgehead atoms. The Bertz CT molecular complexity index is 497. The van der Waals surface area contributed by atoms with E-state index in [1.54, 1.807) is 6.07 Å². The Morgan fingerprint density at radius 3 is 2.75 bits per heavy atom. The summed E-state index contributed by atoms with van der Waals surface area (Å²) in [5.41, 5.74) is 1.30. The van der Waals surface area contributed by atoms with Gasteiger partial charge in [-0.15, -0.1) is 0 Å². The van der Waals surface area contributed by atoms with Crippen molar-refractivity contribution in [2.75, 3.05) is 29.9 Å². The first kappa shape index (κ1) is 14.4. The quantitative estimate of drug-likeness (QED) is 0.813. The van der Waals surface area contributed by atoms with E-state index in [9.17, 15) is 9.18 Å². The van der Waals surface area contributed by atoms with Gasteiger partial charge in [0, 0.05) is 31.4 Å². The minimum atomic E-state index is -0.988. The Kier molecular flexibility index (Phi) is 4.98. The van der Waals surface area contributed by atoms with E-state index >= 15 is 0 Å². The van der Waals surface area contributed by atoms with Crippen LogP contribution in [0.1, 0.15) is 19.3 Å². The zero-order valence-corrected chi connectivity index (χ0v) is 11.3. The number of halogens is 1. The first-order chi connectivity index (χ1) is 9.66.